The minimum Gasteiger partial charge on any atom is -0.372 e. The molecule has 80 valence electrons. The summed E-state index contributed by atoms with van der Waals surface area (Å²) in [5.41, 5.74) is 3.72. The Morgan fingerprint density at radius 2 is 1.31 bits per heavy atom. The molecule has 0 atom stereocenters. The van der Waals surface area contributed by atoms with E-state index >= 15 is 0 Å². The van der Waals surface area contributed by atoms with Gasteiger partial charge in [-0.25, -0.2) is 0 Å². The highest BCUT2D eigenvalue weighted by Gasteiger charge is 1.94. The van der Waals surface area contributed by atoms with E-state index in [-0.39, 0.29) is 0 Å². The Hall–Kier alpha value is -1.54. The van der Waals surface area contributed by atoms with Crippen molar-refractivity contribution in [3.63, 3.8) is 0 Å². The predicted molar refractivity (Wildman–Crippen MR) is 69.6 cm³/mol. The molecule has 16 heavy (non-hydrogen) atoms. The van der Waals surface area contributed by atoms with Crippen LogP contribution in [0.5, 0.6) is 0 Å². The molecule has 2 aromatic carbocycles. The monoisotopic (exact) mass is 210 g/mol. The molecule has 0 spiro atoms. The van der Waals surface area contributed by atoms with Crippen LogP contribution in [-0.4, -0.2) is 7.85 Å². The molecular formula is C14H15BO. The molecule has 0 saturated carbocycles. The van der Waals surface area contributed by atoms with Crippen LogP contribution in [0.1, 0.15) is 11.1 Å². The highest BCUT2D eigenvalue weighted by molar-refractivity contribution is 6.32. The van der Waals surface area contributed by atoms with Gasteiger partial charge < -0.3 is 4.74 Å². The Morgan fingerprint density at radius 3 is 1.94 bits per heavy atom. The molecule has 0 aromatic heterocycles. The summed E-state index contributed by atoms with van der Waals surface area (Å²) >= 11 is 0. The molecule has 0 radical (unpaired) electrons. The van der Waals surface area contributed by atoms with Crippen LogP contribution in [-0.2, 0) is 18.0 Å². The molecule has 0 fully saturated rings. The SMILES string of the molecule is Bc1ccc(COCc2ccccc2)cc1. The maximum atomic E-state index is 5.65. The van der Waals surface area contributed by atoms with Gasteiger partial charge in [0.2, 0.25) is 0 Å². The van der Waals surface area contributed by atoms with Crippen molar-refractivity contribution in [2.24, 2.45) is 0 Å². The highest BCUT2D eigenvalue weighted by atomic mass is 16.5. The van der Waals surface area contributed by atoms with Crippen LogP contribution >= 0.6 is 0 Å². The van der Waals surface area contributed by atoms with E-state index in [1.165, 1.54) is 16.6 Å². The van der Waals surface area contributed by atoms with Crippen LogP contribution in [0.25, 0.3) is 0 Å². The number of ether oxygens (including phenoxy) is 1. The van der Waals surface area contributed by atoms with Gasteiger partial charge in [-0.05, 0) is 11.1 Å². The van der Waals surface area contributed by atoms with Gasteiger partial charge in [0.1, 0.15) is 7.85 Å². The second-order valence-corrected chi connectivity index (χ2v) is 3.96. The van der Waals surface area contributed by atoms with Crippen molar-refractivity contribution >= 4 is 13.3 Å². The van der Waals surface area contributed by atoms with Gasteiger partial charge in [0.25, 0.3) is 0 Å². The molecule has 0 aliphatic rings. The standard InChI is InChI=1S/C14H15BO/c15-14-8-6-13(7-9-14)11-16-10-12-4-2-1-3-5-12/h1-9H,10-11,15H2. The predicted octanol–water partition coefficient (Wildman–Crippen LogP) is 1.66. The third-order valence-electron chi connectivity index (χ3n) is 2.50. The first-order chi connectivity index (χ1) is 7.84. The van der Waals surface area contributed by atoms with Crippen molar-refractivity contribution in [3.05, 3.63) is 65.7 Å². The Morgan fingerprint density at radius 1 is 0.750 bits per heavy atom. The lowest BCUT2D eigenvalue weighted by atomic mass is 9.95. The molecule has 0 amide bonds. The minimum atomic E-state index is 0.675. The molecule has 2 heteroatoms. The van der Waals surface area contributed by atoms with Crippen LogP contribution in [0.4, 0.5) is 0 Å². The van der Waals surface area contributed by atoms with E-state index < -0.39 is 0 Å². The van der Waals surface area contributed by atoms with Crippen LogP contribution in [0.3, 0.4) is 0 Å². The van der Waals surface area contributed by atoms with E-state index in [4.69, 9.17) is 4.74 Å². The summed E-state index contributed by atoms with van der Waals surface area (Å²) in [6.45, 7) is 1.35. The smallest absolute Gasteiger partial charge is 0.139 e. The largest absolute Gasteiger partial charge is 0.372 e. The summed E-state index contributed by atoms with van der Waals surface area (Å²) in [5.74, 6) is 0. The molecular weight excluding hydrogens is 195 g/mol. The first-order valence-corrected chi connectivity index (χ1v) is 5.52. The van der Waals surface area contributed by atoms with Crippen molar-refractivity contribution in [1.82, 2.24) is 0 Å². The van der Waals surface area contributed by atoms with E-state index in [9.17, 15) is 0 Å². The van der Waals surface area contributed by atoms with Crippen molar-refractivity contribution < 1.29 is 4.74 Å². The first kappa shape index (κ1) is 11.0. The van der Waals surface area contributed by atoms with E-state index in [0.29, 0.717) is 13.2 Å². The number of hydrogen-bond acceptors (Lipinski definition) is 1. The fourth-order valence-electron chi connectivity index (χ4n) is 1.55. The number of hydrogen-bond donors (Lipinski definition) is 0. The van der Waals surface area contributed by atoms with Crippen LogP contribution < -0.4 is 5.46 Å². The van der Waals surface area contributed by atoms with Gasteiger partial charge in [0.15, 0.2) is 0 Å². The lowest BCUT2D eigenvalue weighted by Gasteiger charge is -2.04. The third kappa shape index (κ3) is 3.25. The molecule has 0 heterocycles. The van der Waals surface area contributed by atoms with Gasteiger partial charge in [-0.1, -0.05) is 60.1 Å². The fraction of sp³-hybridized carbons (Fsp3) is 0.143. The summed E-state index contributed by atoms with van der Waals surface area (Å²) in [5, 5.41) is 0. The Labute approximate surface area is 97.5 Å². The van der Waals surface area contributed by atoms with Crippen LogP contribution in [0, 0.1) is 0 Å². The topological polar surface area (TPSA) is 9.23 Å². The van der Waals surface area contributed by atoms with Gasteiger partial charge in [-0.15, -0.1) is 0 Å². The van der Waals surface area contributed by atoms with Crippen molar-refractivity contribution in [2.45, 2.75) is 13.2 Å². The normalized spacial score (nSPS) is 10.2. The van der Waals surface area contributed by atoms with Gasteiger partial charge in [0, 0.05) is 0 Å². The zero-order valence-electron chi connectivity index (χ0n) is 9.52. The summed E-state index contributed by atoms with van der Waals surface area (Å²) in [4.78, 5) is 0. The zero-order chi connectivity index (χ0) is 11.2. The Bertz CT molecular complexity index is 422. The molecule has 0 saturated heterocycles. The van der Waals surface area contributed by atoms with Gasteiger partial charge in [0.05, 0.1) is 13.2 Å². The lowest BCUT2D eigenvalue weighted by Crippen LogP contribution is -2.01. The number of benzene rings is 2. The second-order valence-electron chi connectivity index (χ2n) is 3.96. The molecule has 0 N–H and O–H groups in total. The zero-order valence-corrected chi connectivity index (χ0v) is 9.52. The van der Waals surface area contributed by atoms with Crippen molar-refractivity contribution in [2.75, 3.05) is 0 Å². The Kier molecular flexibility index (Phi) is 3.78. The maximum absolute atomic E-state index is 5.65. The summed E-state index contributed by atoms with van der Waals surface area (Å²) < 4.78 is 5.65. The third-order valence-corrected chi connectivity index (χ3v) is 2.50. The summed E-state index contributed by atoms with van der Waals surface area (Å²) in [6.07, 6.45) is 0. The van der Waals surface area contributed by atoms with E-state index in [1.807, 2.05) is 18.2 Å². The lowest BCUT2D eigenvalue weighted by molar-refractivity contribution is 0.107. The summed E-state index contributed by atoms with van der Waals surface area (Å²) in [6, 6.07) is 18.7. The molecule has 0 bridgehead atoms. The van der Waals surface area contributed by atoms with Gasteiger partial charge in [-0.2, -0.15) is 0 Å². The number of rotatable bonds is 4. The molecule has 2 aromatic rings. The quantitative estimate of drug-likeness (QED) is 0.697. The fourth-order valence-corrected chi connectivity index (χ4v) is 1.55. The highest BCUT2D eigenvalue weighted by Crippen LogP contribution is 2.04. The second kappa shape index (κ2) is 5.52. The minimum absolute atomic E-state index is 0.675. The van der Waals surface area contributed by atoms with Gasteiger partial charge in [-0.3, -0.25) is 0 Å². The maximum Gasteiger partial charge on any atom is 0.139 e. The van der Waals surface area contributed by atoms with Crippen LogP contribution in [0.2, 0.25) is 0 Å². The molecule has 0 aliphatic heterocycles. The van der Waals surface area contributed by atoms with E-state index in [0.717, 1.165) is 0 Å². The van der Waals surface area contributed by atoms with E-state index in [1.54, 1.807) is 0 Å². The first-order valence-electron chi connectivity index (χ1n) is 5.52. The molecule has 0 aliphatic carbocycles. The van der Waals surface area contributed by atoms with Crippen molar-refractivity contribution in [1.29, 1.82) is 0 Å². The average Bonchev–Trinajstić information content (AvgIpc) is 2.33. The average molecular weight is 210 g/mol. The summed E-state index contributed by atoms with van der Waals surface area (Å²) in [7, 11) is 2.09. The molecule has 1 nitrogen and oxygen atoms in total. The van der Waals surface area contributed by atoms with Crippen molar-refractivity contribution in [3.8, 4) is 0 Å². The van der Waals surface area contributed by atoms with Gasteiger partial charge >= 0.3 is 0 Å². The van der Waals surface area contributed by atoms with E-state index in [2.05, 4.69) is 44.2 Å². The molecule has 0 unspecified atom stereocenters. The Balaban J connectivity index is 1.82. The van der Waals surface area contributed by atoms with Crippen LogP contribution in [0.15, 0.2) is 54.6 Å². The molecule has 2 rings (SSSR count).